The summed E-state index contributed by atoms with van der Waals surface area (Å²) in [5.74, 6) is -3.70. The summed E-state index contributed by atoms with van der Waals surface area (Å²) in [6.07, 6.45) is 1.75. The number of amides is 4. The predicted molar refractivity (Wildman–Crippen MR) is 122 cm³/mol. The highest BCUT2D eigenvalue weighted by atomic mass is 32.2. The van der Waals surface area contributed by atoms with Crippen LogP contribution < -0.4 is 27.4 Å². The monoisotopic (exact) mass is 479 g/mol. The Bertz CT molecular complexity index is 649. The maximum atomic E-state index is 12.7. The molecule has 0 aliphatic heterocycles. The van der Waals surface area contributed by atoms with Crippen LogP contribution in [0.15, 0.2) is 0 Å². The van der Waals surface area contributed by atoms with Gasteiger partial charge in [0.2, 0.25) is 23.6 Å². The molecule has 0 aromatic rings. The van der Waals surface area contributed by atoms with Gasteiger partial charge in [0.25, 0.3) is 0 Å². The third-order valence-corrected chi connectivity index (χ3v) is 5.38. The molecule has 8 N–H and O–H groups in total. The van der Waals surface area contributed by atoms with Crippen molar-refractivity contribution in [1.82, 2.24) is 16.0 Å². The number of hydrogen-bond acceptors (Lipinski definition) is 8. The Labute approximate surface area is 191 Å². The normalized spacial score (nSPS) is 14.8. The zero-order chi connectivity index (χ0) is 24.1. The van der Waals surface area contributed by atoms with Crippen molar-refractivity contribution in [2.75, 3.05) is 17.8 Å². The Morgan fingerprint density at radius 2 is 1.45 bits per heavy atom. The molecule has 0 bridgehead atoms. The van der Waals surface area contributed by atoms with E-state index in [1.807, 2.05) is 6.26 Å². The summed E-state index contributed by atoms with van der Waals surface area (Å²) in [6.45, 7) is 3.47. The molecule has 0 heterocycles. The molecule has 31 heavy (non-hydrogen) atoms. The number of hydrogen-bond donors (Lipinski definition) is 7. The SMILES string of the molecule is CSCCC(NC(=O)C(CS)NC(=O)C(CCC(N)=O)NC(=O)C(N)C(C)C)C(=O)O. The molecule has 0 fully saturated rings. The molecule has 0 spiro atoms. The van der Waals surface area contributed by atoms with Gasteiger partial charge in [-0.3, -0.25) is 19.2 Å². The predicted octanol–water partition coefficient (Wildman–Crippen LogP) is -1.54. The molecule has 0 rings (SSSR count). The minimum absolute atomic E-state index is 0.0931. The lowest BCUT2D eigenvalue weighted by Gasteiger charge is -2.25. The third-order valence-electron chi connectivity index (χ3n) is 4.37. The molecule has 0 aromatic heterocycles. The van der Waals surface area contributed by atoms with Gasteiger partial charge in [-0.2, -0.15) is 24.4 Å². The summed E-state index contributed by atoms with van der Waals surface area (Å²) in [5.41, 5.74) is 10.9. The first-order valence-electron chi connectivity index (χ1n) is 9.72. The van der Waals surface area contributed by atoms with Crippen LogP contribution in [0.1, 0.15) is 33.1 Å². The van der Waals surface area contributed by atoms with Crippen molar-refractivity contribution in [2.45, 2.75) is 57.3 Å². The van der Waals surface area contributed by atoms with Crippen molar-refractivity contribution in [1.29, 1.82) is 0 Å². The highest BCUT2D eigenvalue weighted by Crippen LogP contribution is 2.05. The Kier molecular flexibility index (Phi) is 14.0. The zero-order valence-corrected chi connectivity index (χ0v) is 19.6. The summed E-state index contributed by atoms with van der Waals surface area (Å²) < 4.78 is 0. The van der Waals surface area contributed by atoms with E-state index in [-0.39, 0.29) is 30.9 Å². The highest BCUT2D eigenvalue weighted by Gasteiger charge is 2.30. The molecule has 0 aliphatic rings. The molecular formula is C18H33N5O6S2. The van der Waals surface area contributed by atoms with Crippen LogP contribution >= 0.6 is 24.4 Å². The number of carbonyl (C=O) groups excluding carboxylic acids is 4. The molecular weight excluding hydrogens is 446 g/mol. The second-order valence-corrected chi connectivity index (χ2v) is 8.61. The quantitative estimate of drug-likeness (QED) is 0.137. The second kappa shape index (κ2) is 14.9. The zero-order valence-electron chi connectivity index (χ0n) is 17.9. The number of carboxylic acids is 1. The molecule has 4 atom stereocenters. The minimum Gasteiger partial charge on any atom is -0.480 e. The van der Waals surface area contributed by atoms with Crippen molar-refractivity contribution < 1.29 is 29.1 Å². The van der Waals surface area contributed by atoms with Crippen molar-refractivity contribution in [2.24, 2.45) is 17.4 Å². The number of primary amides is 1. The number of thiol groups is 1. The van der Waals surface area contributed by atoms with Crippen molar-refractivity contribution >= 4 is 54.0 Å². The van der Waals surface area contributed by atoms with E-state index in [4.69, 9.17) is 11.5 Å². The van der Waals surface area contributed by atoms with Crippen LogP contribution in [0, 0.1) is 5.92 Å². The standard InChI is InChI=1S/C18H33N5O6S2/c1-9(2)14(20)17(27)21-10(4-5-13(19)24)15(25)23-12(8-30)16(26)22-11(18(28)29)6-7-31-3/h9-12,14,30H,4-8,20H2,1-3H3,(H2,19,24)(H,21,27)(H,22,26)(H,23,25)(H,28,29). The van der Waals surface area contributed by atoms with Crippen LogP contribution in [-0.4, -0.2) is 76.6 Å². The van der Waals surface area contributed by atoms with Crippen molar-refractivity contribution in [3.05, 3.63) is 0 Å². The Morgan fingerprint density at radius 1 is 0.935 bits per heavy atom. The molecule has 0 radical (unpaired) electrons. The average molecular weight is 480 g/mol. The first kappa shape index (κ1) is 29.0. The molecule has 0 aliphatic carbocycles. The molecule has 11 nitrogen and oxygen atoms in total. The van der Waals surface area contributed by atoms with E-state index in [1.54, 1.807) is 13.8 Å². The van der Waals surface area contributed by atoms with Gasteiger partial charge in [-0.15, -0.1) is 0 Å². The van der Waals surface area contributed by atoms with E-state index in [2.05, 4.69) is 28.6 Å². The fourth-order valence-electron chi connectivity index (χ4n) is 2.36. The molecule has 178 valence electrons. The van der Waals surface area contributed by atoms with Crippen molar-refractivity contribution in [3.63, 3.8) is 0 Å². The van der Waals surface area contributed by atoms with E-state index >= 15 is 0 Å². The van der Waals surface area contributed by atoms with E-state index in [0.29, 0.717) is 5.75 Å². The molecule has 0 saturated carbocycles. The summed E-state index contributed by atoms with van der Waals surface area (Å²) >= 11 is 5.48. The average Bonchev–Trinajstić information content (AvgIpc) is 2.70. The third kappa shape index (κ3) is 11.3. The smallest absolute Gasteiger partial charge is 0.326 e. The van der Waals surface area contributed by atoms with Crippen LogP contribution in [0.25, 0.3) is 0 Å². The number of aliphatic carboxylic acids is 1. The van der Waals surface area contributed by atoms with Gasteiger partial charge in [-0.25, -0.2) is 4.79 Å². The largest absolute Gasteiger partial charge is 0.480 e. The number of rotatable bonds is 15. The van der Waals surface area contributed by atoms with Gasteiger partial charge >= 0.3 is 5.97 Å². The number of thioether (sulfide) groups is 1. The van der Waals surface area contributed by atoms with Gasteiger partial charge < -0.3 is 32.5 Å². The first-order chi connectivity index (χ1) is 14.4. The second-order valence-electron chi connectivity index (χ2n) is 7.26. The number of nitrogens with two attached hydrogens (primary N) is 2. The number of carboxylic acid groups (broad SMARTS) is 1. The van der Waals surface area contributed by atoms with Crippen LogP contribution in [0.2, 0.25) is 0 Å². The molecule has 0 saturated heterocycles. The lowest BCUT2D eigenvalue weighted by molar-refractivity contribution is -0.142. The maximum Gasteiger partial charge on any atom is 0.326 e. The lowest BCUT2D eigenvalue weighted by atomic mass is 10.0. The molecule has 0 aromatic carbocycles. The highest BCUT2D eigenvalue weighted by molar-refractivity contribution is 7.98. The first-order valence-corrected chi connectivity index (χ1v) is 11.7. The summed E-state index contributed by atoms with van der Waals surface area (Å²) in [4.78, 5) is 59.9. The van der Waals surface area contributed by atoms with E-state index in [1.165, 1.54) is 11.8 Å². The van der Waals surface area contributed by atoms with Crippen LogP contribution in [-0.2, 0) is 24.0 Å². The van der Waals surface area contributed by atoms with Gasteiger partial charge in [0.1, 0.15) is 18.1 Å². The Balaban J connectivity index is 5.26. The van der Waals surface area contributed by atoms with Crippen LogP contribution in [0.3, 0.4) is 0 Å². The van der Waals surface area contributed by atoms with Gasteiger partial charge in [0, 0.05) is 12.2 Å². The van der Waals surface area contributed by atoms with Crippen LogP contribution in [0.4, 0.5) is 0 Å². The summed E-state index contributed by atoms with van der Waals surface area (Å²) in [7, 11) is 0. The number of nitrogens with one attached hydrogen (secondary N) is 3. The van der Waals surface area contributed by atoms with Gasteiger partial charge in [-0.1, -0.05) is 13.8 Å². The fraction of sp³-hybridized carbons (Fsp3) is 0.722. The fourth-order valence-corrected chi connectivity index (χ4v) is 3.09. The molecule has 4 amide bonds. The molecule has 4 unspecified atom stereocenters. The summed E-state index contributed by atoms with van der Waals surface area (Å²) in [5, 5.41) is 16.5. The topological polar surface area (TPSA) is 194 Å². The van der Waals surface area contributed by atoms with Gasteiger partial charge in [0.05, 0.1) is 6.04 Å². The van der Waals surface area contributed by atoms with E-state index in [0.717, 1.165) is 0 Å². The maximum absolute atomic E-state index is 12.7. The molecule has 13 heteroatoms. The van der Waals surface area contributed by atoms with Crippen molar-refractivity contribution in [3.8, 4) is 0 Å². The van der Waals surface area contributed by atoms with Gasteiger partial charge in [-0.05, 0) is 30.8 Å². The number of carbonyl (C=O) groups is 5. The minimum atomic E-state index is -1.19. The Morgan fingerprint density at radius 3 is 1.90 bits per heavy atom. The van der Waals surface area contributed by atoms with Gasteiger partial charge in [0.15, 0.2) is 0 Å². The van der Waals surface area contributed by atoms with E-state index in [9.17, 15) is 29.1 Å². The Hall–Kier alpha value is -1.99. The lowest BCUT2D eigenvalue weighted by Crippen LogP contribution is -2.58. The summed E-state index contributed by atoms with van der Waals surface area (Å²) in [6, 6.07) is -4.31. The van der Waals surface area contributed by atoms with Crippen LogP contribution in [0.5, 0.6) is 0 Å². The van der Waals surface area contributed by atoms with E-state index < -0.39 is 53.8 Å².